The normalized spacial score (nSPS) is 11.4. The van der Waals surface area contributed by atoms with E-state index in [0.717, 1.165) is 23.3 Å². The van der Waals surface area contributed by atoms with Crippen molar-refractivity contribution in [3.05, 3.63) is 53.1 Å². The molecule has 2 rings (SSSR count). The Bertz CT molecular complexity index is 831. The maximum absolute atomic E-state index is 12.5. The van der Waals surface area contributed by atoms with E-state index in [1.807, 2.05) is 31.2 Å². The van der Waals surface area contributed by atoms with E-state index in [1.54, 1.807) is 26.2 Å². The summed E-state index contributed by atoms with van der Waals surface area (Å²) in [6.45, 7) is 6.10. The van der Waals surface area contributed by atoms with Gasteiger partial charge < -0.3 is 9.47 Å². The molecule has 0 fully saturated rings. The third-order valence-electron chi connectivity index (χ3n) is 3.99. The Hall–Kier alpha value is -2.05. The first-order valence-corrected chi connectivity index (χ1v) is 9.73. The van der Waals surface area contributed by atoms with Crippen LogP contribution in [-0.4, -0.2) is 28.7 Å². The molecule has 0 atom stereocenters. The van der Waals surface area contributed by atoms with Crippen molar-refractivity contribution in [2.24, 2.45) is 0 Å². The SMILES string of the molecule is CCc1ccccc1OCCNS(=O)(=O)c1cc(C)c(OC)cc1C. The highest BCUT2D eigenvalue weighted by atomic mass is 32.2. The molecule has 1 N–H and O–H groups in total. The Balaban J connectivity index is 2.01. The molecular weight excluding hydrogens is 338 g/mol. The summed E-state index contributed by atoms with van der Waals surface area (Å²) in [6, 6.07) is 11.1. The van der Waals surface area contributed by atoms with Crippen LogP contribution in [0.5, 0.6) is 11.5 Å². The molecule has 0 aliphatic carbocycles. The van der Waals surface area contributed by atoms with Gasteiger partial charge in [0.05, 0.1) is 12.0 Å². The second-order valence-electron chi connectivity index (χ2n) is 5.79. The third kappa shape index (κ3) is 4.74. The minimum Gasteiger partial charge on any atom is -0.496 e. The number of rotatable bonds is 8. The summed E-state index contributed by atoms with van der Waals surface area (Å²) >= 11 is 0. The zero-order chi connectivity index (χ0) is 18.4. The summed E-state index contributed by atoms with van der Waals surface area (Å²) < 4.78 is 38.6. The van der Waals surface area contributed by atoms with Crippen LogP contribution in [-0.2, 0) is 16.4 Å². The van der Waals surface area contributed by atoms with Crippen molar-refractivity contribution in [3.8, 4) is 11.5 Å². The van der Waals surface area contributed by atoms with Crippen LogP contribution in [0, 0.1) is 13.8 Å². The van der Waals surface area contributed by atoms with Gasteiger partial charge in [-0.15, -0.1) is 0 Å². The molecule has 0 saturated heterocycles. The van der Waals surface area contributed by atoms with Crippen molar-refractivity contribution < 1.29 is 17.9 Å². The number of hydrogen-bond donors (Lipinski definition) is 1. The summed E-state index contributed by atoms with van der Waals surface area (Å²) in [5.41, 5.74) is 2.53. The summed E-state index contributed by atoms with van der Waals surface area (Å²) in [5.74, 6) is 1.47. The van der Waals surface area contributed by atoms with Gasteiger partial charge in [0.25, 0.3) is 0 Å². The standard InChI is InChI=1S/C19H25NO4S/c1-5-16-8-6-7-9-17(16)24-11-10-20-25(21,22)19-13-14(2)18(23-4)12-15(19)3/h6-9,12-13,20H,5,10-11H2,1-4H3. The van der Waals surface area contributed by atoms with Gasteiger partial charge in [0.15, 0.2) is 0 Å². The fourth-order valence-electron chi connectivity index (χ4n) is 2.62. The maximum atomic E-state index is 12.5. The molecule has 0 heterocycles. The molecule has 0 bridgehead atoms. The lowest BCUT2D eigenvalue weighted by atomic mass is 10.1. The Kier molecular flexibility index (Phi) is 6.45. The molecule has 136 valence electrons. The summed E-state index contributed by atoms with van der Waals surface area (Å²) in [5, 5.41) is 0. The van der Waals surface area contributed by atoms with Crippen molar-refractivity contribution in [3.63, 3.8) is 0 Å². The van der Waals surface area contributed by atoms with Crippen LogP contribution >= 0.6 is 0 Å². The number of aryl methyl sites for hydroxylation is 3. The maximum Gasteiger partial charge on any atom is 0.240 e. The number of methoxy groups -OCH3 is 1. The predicted molar refractivity (Wildman–Crippen MR) is 99.0 cm³/mol. The highest BCUT2D eigenvalue weighted by molar-refractivity contribution is 7.89. The fraction of sp³-hybridized carbons (Fsp3) is 0.368. The highest BCUT2D eigenvalue weighted by Gasteiger charge is 2.18. The number of para-hydroxylation sites is 1. The first-order chi connectivity index (χ1) is 11.9. The van der Waals surface area contributed by atoms with Crippen molar-refractivity contribution in [2.45, 2.75) is 32.1 Å². The van der Waals surface area contributed by atoms with Crippen LogP contribution in [0.15, 0.2) is 41.3 Å². The van der Waals surface area contributed by atoms with E-state index in [0.29, 0.717) is 11.3 Å². The Morgan fingerprint density at radius 2 is 1.76 bits per heavy atom. The smallest absolute Gasteiger partial charge is 0.240 e. The number of benzene rings is 2. The molecule has 25 heavy (non-hydrogen) atoms. The minimum atomic E-state index is -3.59. The average Bonchev–Trinajstić information content (AvgIpc) is 2.60. The molecule has 0 aliphatic heterocycles. The van der Waals surface area contributed by atoms with Crippen LogP contribution in [0.2, 0.25) is 0 Å². The molecule has 0 spiro atoms. The molecule has 5 nitrogen and oxygen atoms in total. The zero-order valence-electron chi connectivity index (χ0n) is 15.1. The van der Waals surface area contributed by atoms with E-state index in [1.165, 1.54) is 0 Å². The molecule has 0 radical (unpaired) electrons. The first kappa shape index (κ1) is 19.3. The van der Waals surface area contributed by atoms with Gasteiger partial charge in [-0.25, -0.2) is 13.1 Å². The van der Waals surface area contributed by atoms with Gasteiger partial charge in [-0.1, -0.05) is 25.1 Å². The van der Waals surface area contributed by atoms with E-state index >= 15 is 0 Å². The molecule has 2 aromatic rings. The Morgan fingerprint density at radius 3 is 2.44 bits per heavy atom. The van der Waals surface area contributed by atoms with Gasteiger partial charge in [0.1, 0.15) is 18.1 Å². The van der Waals surface area contributed by atoms with Crippen molar-refractivity contribution >= 4 is 10.0 Å². The lowest BCUT2D eigenvalue weighted by molar-refractivity contribution is 0.320. The Labute approximate surface area is 150 Å². The van der Waals surface area contributed by atoms with Crippen LogP contribution < -0.4 is 14.2 Å². The van der Waals surface area contributed by atoms with Gasteiger partial charge in [0.2, 0.25) is 10.0 Å². The van der Waals surface area contributed by atoms with E-state index < -0.39 is 10.0 Å². The summed E-state index contributed by atoms with van der Waals surface area (Å²) in [6.07, 6.45) is 0.867. The molecule has 6 heteroatoms. The molecular formula is C19H25NO4S. The molecule has 0 amide bonds. The van der Waals surface area contributed by atoms with Gasteiger partial charge in [-0.2, -0.15) is 0 Å². The Morgan fingerprint density at radius 1 is 1.04 bits per heavy atom. The van der Waals surface area contributed by atoms with Crippen LogP contribution in [0.1, 0.15) is 23.6 Å². The second-order valence-corrected chi connectivity index (χ2v) is 7.53. The van der Waals surface area contributed by atoms with Gasteiger partial charge in [-0.05, 0) is 55.2 Å². The van der Waals surface area contributed by atoms with E-state index in [4.69, 9.17) is 9.47 Å². The monoisotopic (exact) mass is 363 g/mol. The quantitative estimate of drug-likeness (QED) is 0.732. The lowest BCUT2D eigenvalue weighted by Gasteiger charge is -2.14. The molecule has 2 aromatic carbocycles. The predicted octanol–water partition coefficient (Wildman–Crippen LogP) is 3.23. The minimum absolute atomic E-state index is 0.199. The van der Waals surface area contributed by atoms with Crippen LogP contribution in [0.25, 0.3) is 0 Å². The number of nitrogens with one attached hydrogen (secondary N) is 1. The number of sulfonamides is 1. The number of ether oxygens (including phenoxy) is 2. The largest absolute Gasteiger partial charge is 0.496 e. The van der Waals surface area contributed by atoms with Gasteiger partial charge in [-0.3, -0.25) is 0 Å². The summed E-state index contributed by atoms with van der Waals surface area (Å²) in [4.78, 5) is 0.264. The molecule has 0 aliphatic rings. The van der Waals surface area contributed by atoms with E-state index in [9.17, 15) is 8.42 Å². The van der Waals surface area contributed by atoms with Crippen molar-refractivity contribution in [1.82, 2.24) is 4.72 Å². The van der Waals surface area contributed by atoms with Crippen molar-refractivity contribution in [1.29, 1.82) is 0 Å². The molecule has 0 aromatic heterocycles. The topological polar surface area (TPSA) is 64.6 Å². The first-order valence-electron chi connectivity index (χ1n) is 8.24. The fourth-order valence-corrected chi connectivity index (χ4v) is 3.95. The second kappa shape index (κ2) is 8.36. The molecule has 0 unspecified atom stereocenters. The van der Waals surface area contributed by atoms with E-state index in [-0.39, 0.29) is 18.0 Å². The average molecular weight is 363 g/mol. The highest BCUT2D eigenvalue weighted by Crippen LogP contribution is 2.25. The third-order valence-corrected chi connectivity index (χ3v) is 5.59. The van der Waals surface area contributed by atoms with E-state index in [2.05, 4.69) is 11.6 Å². The zero-order valence-corrected chi connectivity index (χ0v) is 15.9. The lowest BCUT2D eigenvalue weighted by Crippen LogP contribution is -2.29. The van der Waals surface area contributed by atoms with Crippen LogP contribution in [0.4, 0.5) is 0 Å². The van der Waals surface area contributed by atoms with Gasteiger partial charge in [0, 0.05) is 6.54 Å². The van der Waals surface area contributed by atoms with Crippen LogP contribution in [0.3, 0.4) is 0 Å². The van der Waals surface area contributed by atoms with Gasteiger partial charge >= 0.3 is 0 Å². The van der Waals surface area contributed by atoms with Crippen molar-refractivity contribution in [2.75, 3.05) is 20.3 Å². The molecule has 0 saturated carbocycles. The number of hydrogen-bond acceptors (Lipinski definition) is 4. The summed E-state index contributed by atoms with van der Waals surface area (Å²) in [7, 11) is -2.02.